The van der Waals surface area contributed by atoms with Crippen LogP contribution in [0.15, 0.2) is 0 Å². The average Bonchev–Trinajstić information content (AvgIpc) is 2.65. The number of unbranched alkanes of at least 4 members (excludes halogenated alkanes) is 17. The Bertz CT molecular complexity index is 250. The van der Waals surface area contributed by atoms with Crippen LogP contribution in [0.1, 0.15) is 156 Å². The number of rotatable bonds is 20. The zero-order chi connectivity index (χ0) is 21.3. The number of aliphatic hydroxyl groups excluding tert-OH is 1. The van der Waals surface area contributed by atoms with Gasteiger partial charge >= 0.3 is 0 Å². The maximum absolute atomic E-state index is 8.57. The normalized spacial score (nSPS) is 11.4. The summed E-state index contributed by atoms with van der Waals surface area (Å²) in [6.45, 7) is 9.15. The Morgan fingerprint density at radius 2 is 0.786 bits per heavy atom. The third kappa shape index (κ3) is 33.5. The van der Waals surface area contributed by atoms with Gasteiger partial charge in [0.05, 0.1) is 0 Å². The molecule has 0 spiro atoms. The van der Waals surface area contributed by atoms with Crippen molar-refractivity contribution in [2.75, 3.05) is 6.61 Å². The van der Waals surface area contributed by atoms with E-state index in [2.05, 4.69) is 27.7 Å². The van der Waals surface area contributed by atoms with E-state index in [1.165, 1.54) is 122 Å². The molecule has 172 valence electrons. The minimum absolute atomic E-state index is 0.0428. The van der Waals surface area contributed by atoms with Crippen LogP contribution in [0.25, 0.3) is 0 Å². The van der Waals surface area contributed by atoms with Crippen LogP contribution in [0, 0.1) is 0 Å². The summed E-state index contributed by atoms with van der Waals surface area (Å²) < 4.78 is 0. The van der Waals surface area contributed by atoms with E-state index in [4.69, 9.17) is 10.8 Å². The largest absolute Gasteiger partial charge is 0.396 e. The molecule has 28 heavy (non-hydrogen) atoms. The van der Waals surface area contributed by atoms with Gasteiger partial charge in [-0.25, -0.2) is 0 Å². The second-order valence-electron chi connectivity index (χ2n) is 9.47. The molecule has 0 heterocycles. The maximum atomic E-state index is 8.57. The van der Waals surface area contributed by atoms with Crippen LogP contribution >= 0.6 is 0 Å². The second kappa shape index (κ2) is 25.0. The molecular weight excluding hydrogens is 342 g/mol. The number of hydrogen-bond acceptors (Lipinski definition) is 2. The second-order valence-corrected chi connectivity index (χ2v) is 9.47. The SMILES string of the molecule is CCCCCCCCCCCC(C)(C)N.CCCCCCCCCCCCO. The van der Waals surface area contributed by atoms with Crippen LogP contribution in [0.4, 0.5) is 0 Å². The summed E-state index contributed by atoms with van der Waals surface area (Å²) >= 11 is 0. The number of hydrogen-bond donors (Lipinski definition) is 2. The van der Waals surface area contributed by atoms with Gasteiger partial charge in [-0.15, -0.1) is 0 Å². The molecule has 0 radical (unpaired) electrons. The summed E-state index contributed by atoms with van der Waals surface area (Å²) in [6.07, 6.45) is 27.1. The minimum atomic E-state index is 0.0428. The Kier molecular flexibility index (Phi) is 26.8. The molecular formula is C26H57NO. The van der Waals surface area contributed by atoms with Gasteiger partial charge in [-0.3, -0.25) is 0 Å². The van der Waals surface area contributed by atoms with E-state index in [-0.39, 0.29) is 5.54 Å². The summed E-state index contributed by atoms with van der Waals surface area (Å²) in [5.74, 6) is 0. The molecule has 2 nitrogen and oxygen atoms in total. The highest BCUT2D eigenvalue weighted by Crippen LogP contribution is 2.14. The molecule has 3 N–H and O–H groups in total. The smallest absolute Gasteiger partial charge is 0.0431 e. The van der Waals surface area contributed by atoms with Crippen molar-refractivity contribution in [2.45, 2.75) is 162 Å². The summed E-state index contributed by atoms with van der Waals surface area (Å²) in [6, 6.07) is 0. The Labute approximate surface area is 179 Å². The molecule has 0 amide bonds. The van der Waals surface area contributed by atoms with Crippen molar-refractivity contribution in [3.05, 3.63) is 0 Å². The minimum Gasteiger partial charge on any atom is -0.396 e. The van der Waals surface area contributed by atoms with E-state index < -0.39 is 0 Å². The first-order valence-electron chi connectivity index (χ1n) is 12.9. The Morgan fingerprint density at radius 3 is 1.07 bits per heavy atom. The molecule has 0 atom stereocenters. The molecule has 0 aliphatic carbocycles. The molecule has 0 rings (SSSR count). The van der Waals surface area contributed by atoms with E-state index in [0.29, 0.717) is 6.61 Å². The van der Waals surface area contributed by atoms with Gasteiger partial charge in [-0.1, -0.05) is 129 Å². The highest BCUT2D eigenvalue weighted by molar-refractivity contribution is 4.70. The van der Waals surface area contributed by atoms with E-state index in [0.717, 1.165) is 6.42 Å². The number of nitrogens with two attached hydrogens (primary N) is 1. The quantitative estimate of drug-likeness (QED) is 0.201. The lowest BCUT2D eigenvalue weighted by Crippen LogP contribution is -2.31. The van der Waals surface area contributed by atoms with Crippen LogP contribution in [0.2, 0.25) is 0 Å². The van der Waals surface area contributed by atoms with Gasteiger partial charge in [0.15, 0.2) is 0 Å². The fourth-order valence-electron chi connectivity index (χ4n) is 3.49. The number of aliphatic hydroxyl groups is 1. The van der Waals surface area contributed by atoms with Crippen molar-refractivity contribution in [1.82, 2.24) is 0 Å². The topological polar surface area (TPSA) is 46.2 Å². The monoisotopic (exact) mass is 399 g/mol. The van der Waals surface area contributed by atoms with Gasteiger partial charge in [0, 0.05) is 12.1 Å². The third-order valence-corrected chi connectivity index (χ3v) is 5.44. The molecule has 2 heteroatoms. The van der Waals surface area contributed by atoms with Gasteiger partial charge in [0.1, 0.15) is 0 Å². The summed E-state index contributed by atoms with van der Waals surface area (Å²) in [5.41, 5.74) is 5.97. The van der Waals surface area contributed by atoms with Crippen molar-refractivity contribution in [2.24, 2.45) is 5.73 Å². The van der Waals surface area contributed by atoms with Crippen LogP contribution in [0.5, 0.6) is 0 Å². The lowest BCUT2D eigenvalue weighted by molar-refractivity contribution is 0.282. The van der Waals surface area contributed by atoms with Crippen molar-refractivity contribution in [3.63, 3.8) is 0 Å². The Balaban J connectivity index is 0. The predicted molar refractivity (Wildman–Crippen MR) is 129 cm³/mol. The van der Waals surface area contributed by atoms with Crippen molar-refractivity contribution >= 4 is 0 Å². The Hall–Kier alpha value is -0.0800. The molecule has 0 aromatic heterocycles. The van der Waals surface area contributed by atoms with Gasteiger partial charge in [0.2, 0.25) is 0 Å². The van der Waals surface area contributed by atoms with Gasteiger partial charge in [0.25, 0.3) is 0 Å². The zero-order valence-corrected chi connectivity index (χ0v) is 20.4. The van der Waals surface area contributed by atoms with Gasteiger partial charge in [-0.2, -0.15) is 0 Å². The molecule has 0 aromatic rings. The molecule has 0 aliphatic rings. The third-order valence-electron chi connectivity index (χ3n) is 5.44. The highest BCUT2D eigenvalue weighted by Gasteiger charge is 2.08. The van der Waals surface area contributed by atoms with Crippen molar-refractivity contribution in [1.29, 1.82) is 0 Å². The lowest BCUT2D eigenvalue weighted by Gasteiger charge is -2.17. The molecule has 0 unspecified atom stereocenters. The fraction of sp³-hybridized carbons (Fsp3) is 1.00. The molecule has 0 saturated heterocycles. The highest BCUT2D eigenvalue weighted by atomic mass is 16.2. The van der Waals surface area contributed by atoms with E-state index in [1.54, 1.807) is 0 Å². The predicted octanol–water partition coefficient (Wildman–Crippen LogP) is 8.54. The van der Waals surface area contributed by atoms with E-state index in [9.17, 15) is 0 Å². The van der Waals surface area contributed by atoms with E-state index >= 15 is 0 Å². The summed E-state index contributed by atoms with van der Waals surface area (Å²) in [5, 5.41) is 8.57. The van der Waals surface area contributed by atoms with E-state index in [1.807, 2.05) is 0 Å². The van der Waals surface area contributed by atoms with Gasteiger partial charge in [-0.05, 0) is 26.7 Å². The molecule has 0 saturated carbocycles. The maximum Gasteiger partial charge on any atom is 0.0431 e. The Morgan fingerprint density at radius 1 is 0.500 bits per heavy atom. The zero-order valence-electron chi connectivity index (χ0n) is 20.4. The molecule has 0 aliphatic heterocycles. The molecule has 0 aromatic carbocycles. The van der Waals surface area contributed by atoms with Crippen LogP contribution in [-0.4, -0.2) is 17.3 Å². The first-order valence-corrected chi connectivity index (χ1v) is 12.9. The first kappa shape index (κ1) is 30.1. The summed E-state index contributed by atoms with van der Waals surface area (Å²) in [7, 11) is 0. The average molecular weight is 400 g/mol. The molecule has 0 bridgehead atoms. The van der Waals surface area contributed by atoms with Crippen molar-refractivity contribution in [3.8, 4) is 0 Å². The van der Waals surface area contributed by atoms with Crippen molar-refractivity contribution < 1.29 is 5.11 Å². The van der Waals surface area contributed by atoms with Crippen LogP contribution in [0.3, 0.4) is 0 Å². The van der Waals surface area contributed by atoms with Crippen LogP contribution in [-0.2, 0) is 0 Å². The summed E-state index contributed by atoms with van der Waals surface area (Å²) in [4.78, 5) is 0. The molecule has 0 fully saturated rings. The first-order chi connectivity index (χ1) is 13.5. The lowest BCUT2D eigenvalue weighted by atomic mass is 9.97. The standard InChI is InChI=1S/C14H31N.C12H26O/c1-4-5-6-7-8-9-10-11-12-13-14(2,3)15;1-2-3-4-5-6-7-8-9-10-11-12-13/h4-13,15H2,1-3H3;13H,2-12H2,1H3. The fourth-order valence-corrected chi connectivity index (χ4v) is 3.49. The van der Waals surface area contributed by atoms with Crippen LogP contribution < -0.4 is 5.73 Å². The van der Waals surface area contributed by atoms with Gasteiger partial charge < -0.3 is 10.8 Å².